The molecule has 0 fully saturated rings. The first-order chi connectivity index (χ1) is 11.5. The van der Waals surface area contributed by atoms with E-state index in [1.54, 1.807) is 12.1 Å². The summed E-state index contributed by atoms with van der Waals surface area (Å²) in [6.07, 6.45) is 0. The lowest BCUT2D eigenvalue weighted by molar-refractivity contribution is -0.0504. The highest BCUT2D eigenvalue weighted by Gasteiger charge is 2.11. The van der Waals surface area contributed by atoms with Crippen LogP contribution in [0.1, 0.15) is 11.1 Å². The van der Waals surface area contributed by atoms with Crippen LogP contribution in [0.5, 0.6) is 11.5 Å². The Balaban J connectivity index is 0.00000312. The van der Waals surface area contributed by atoms with E-state index in [4.69, 9.17) is 10.5 Å². The number of aliphatic imine (C=N–C) groups is 1. The van der Waals surface area contributed by atoms with Gasteiger partial charge in [-0.25, -0.2) is 4.99 Å². The predicted octanol–water partition coefficient (Wildman–Crippen LogP) is 4.15. The minimum absolute atomic E-state index is 0. The quantitative estimate of drug-likeness (QED) is 0.384. The maximum atomic E-state index is 12.5. The van der Waals surface area contributed by atoms with Crippen LogP contribution in [-0.4, -0.2) is 19.7 Å². The number of ether oxygens (including phenoxy) is 2. The van der Waals surface area contributed by atoms with Crippen molar-refractivity contribution in [2.45, 2.75) is 20.1 Å². The third-order valence-electron chi connectivity index (χ3n) is 3.19. The van der Waals surface area contributed by atoms with Gasteiger partial charge in [-0.1, -0.05) is 12.1 Å². The zero-order valence-corrected chi connectivity index (χ0v) is 16.2. The summed E-state index contributed by atoms with van der Waals surface area (Å²) in [7, 11) is 1.49. The number of guanidine groups is 1. The van der Waals surface area contributed by atoms with Crippen molar-refractivity contribution in [1.82, 2.24) is 0 Å². The Kier molecular flexibility index (Phi) is 8.39. The molecule has 0 unspecified atom stereocenters. The van der Waals surface area contributed by atoms with Crippen molar-refractivity contribution >= 4 is 35.6 Å². The molecule has 25 heavy (non-hydrogen) atoms. The third-order valence-corrected chi connectivity index (χ3v) is 3.19. The molecule has 0 atom stereocenters. The van der Waals surface area contributed by atoms with Crippen LogP contribution >= 0.6 is 24.0 Å². The molecule has 0 amide bonds. The highest BCUT2D eigenvalue weighted by atomic mass is 127. The molecule has 3 N–H and O–H groups in total. The smallest absolute Gasteiger partial charge is 0.387 e. The van der Waals surface area contributed by atoms with Gasteiger partial charge in [0.05, 0.1) is 13.7 Å². The number of rotatable bonds is 6. The van der Waals surface area contributed by atoms with Gasteiger partial charge in [-0.15, -0.1) is 24.0 Å². The van der Waals surface area contributed by atoms with E-state index in [2.05, 4.69) is 15.0 Å². The van der Waals surface area contributed by atoms with Crippen molar-refractivity contribution in [2.75, 3.05) is 12.4 Å². The summed E-state index contributed by atoms with van der Waals surface area (Å²) in [4.78, 5) is 4.17. The molecule has 0 radical (unpaired) electrons. The molecule has 5 nitrogen and oxygen atoms in total. The van der Waals surface area contributed by atoms with Gasteiger partial charge in [-0.2, -0.15) is 8.78 Å². The molecule has 136 valence electrons. The van der Waals surface area contributed by atoms with Crippen LogP contribution in [0.4, 0.5) is 14.5 Å². The van der Waals surface area contributed by atoms with Gasteiger partial charge in [0, 0.05) is 11.3 Å². The number of hydrogen-bond acceptors (Lipinski definition) is 3. The zero-order valence-electron chi connectivity index (χ0n) is 13.8. The van der Waals surface area contributed by atoms with Gasteiger partial charge in [-0.05, 0) is 42.8 Å². The predicted molar refractivity (Wildman–Crippen MR) is 105 cm³/mol. The van der Waals surface area contributed by atoms with Crippen LogP contribution in [0.15, 0.2) is 47.5 Å². The summed E-state index contributed by atoms with van der Waals surface area (Å²) in [5, 5.41) is 2.95. The molecule has 0 aliphatic carbocycles. The Morgan fingerprint density at radius 3 is 2.64 bits per heavy atom. The fraction of sp³-hybridized carbons (Fsp3) is 0.235. The van der Waals surface area contributed by atoms with Crippen molar-refractivity contribution in [2.24, 2.45) is 10.7 Å². The summed E-state index contributed by atoms with van der Waals surface area (Å²) in [5.74, 6) is 0.733. The third kappa shape index (κ3) is 6.73. The first kappa shape index (κ1) is 20.9. The average Bonchev–Trinajstić information content (AvgIpc) is 2.53. The van der Waals surface area contributed by atoms with Crippen LogP contribution < -0.4 is 20.5 Å². The molecule has 0 aromatic heterocycles. The van der Waals surface area contributed by atoms with Crippen LogP contribution in [0, 0.1) is 6.92 Å². The van der Waals surface area contributed by atoms with Gasteiger partial charge in [0.1, 0.15) is 11.5 Å². The van der Waals surface area contributed by atoms with Crippen molar-refractivity contribution in [3.63, 3.8) is 0 Å². The Bertz CT molecular complexity index is 727. The number of anilines is 1. The van der Waals surface area contributed by atoms with Crippen LogP contribution in [0.25, 0.3) is 0 Å². The molecule has 2 aromatic rings. The average molecular weight is 463 g/mol. The molecule has 0 aliphatic heterocycles. The van der Waals surface area contributed by atoms with E-state index in [0.717, 1.165) is 11.3 Å². The van der Waals surface area contributed by atoms with Crippen molar-refractivity contribution in [3.8, 4) is 11.5 Å². The molecule has 0 saturated carbocycles. The number of nitrogens with one attached hydrogen (secondary N) is 1. The maximum absolute atomic E-state index is 12.5. The first-order valence-electron chi connectivity index (χ1n) is 7.23. The number of hydrogen-bond donors (Lipinski definition) is 2. The minimum atomic E-state index is -2.91. The van der Waals surface area contributed by atoms with Crippen molar-refractivity contribution < 1.29 is 18.3 Å². The first-order valence-corrected chi connectivity index (χ1v) is 7.23. The Morgan fingerprint density at radius 2 is 2.00 bits per heavy atom. The van der Waals surface area contributed by atoms with E-state index in [0.29, 0.717) is 11.3 Å². The van der Waals surface area contributed by atoms with Gasteiger partial charge in [-0.3, -0.25) is 0 Å². The lowest BCUT2D eigenvalue weighted by atomic mass is 10.2. The molecule has 0 spiro atoms. The molecule has 0 heterocycles. The van der Waals surface area contributed by atoms with Gasteiger partial charge in [0.15, 0.2) is 5.96 Å². The number of nitrogens with two attached hydrogens (primary N) is 1. The van der Waals surface area contributed by atoms with E-state index in [-0.39, 0.29) is 42.2 Å². The second-order valence-corrected chi connectivity index (χ2v) is 5.05. The SMILES string of the molecule is COc1ccc(OC(F)F)c(CN=C(N)Nc2cccc(C)c2)c1.I. The number of methoxy groups -OCH3 is 1. The highest BCUT2D eigenvalue weighted by molar-refractivity contribution is 14.0. The standard InChI is InChI=1S/C17H19F2N3O2.HI/c1-11-4-3-5-13(8-11)22-17(20)21-10-12-9-14(23-2)6-7-15(12)24-16(18)19;/h3-9,16H,10H2,1-2H3,(H3,20,21,22);1H. The largest absolute Gasteiger partial charge is 0.497 e. The second kappa shape index (κ2) is 10.0. The van der Waals surface area contributed by atoms with Gasteiger partial charge < -0.3 is 20.5 Å². The summed E-state index contributed by atoms with van der Waals surface area (Å²) in [5.41, 5.74) is 8.17. The van der Waals surface area contributed by atoms with E-state index < -0.39 is 6.61 Å². The molecule has 2 aromatic carbocycles. The van der Waals surface area contributed by atoms with E-state index in [1.807, 2.05) is 31.2 Å². The van der Waals surface area contributed by atoms with E-state index in [1.165, 1.54) is 13.2 Å². The van der Waals surface area contributed by atoms with Gasteiger partial charge >= 0.3 is 6.61 Å². The lowest BCUT2D eigenvalue weighted by Crippen LogP contribution is -2.22. The number of aryl methyl sites for hydroxylation is 1. The summed E-state index contributed by atoms with van der Waals surface area (Å²) < 4.78 is 34.5. The normalized spacial score (nSPS) is 11.0. The Labute approximate surface area is 162 Å². The monoisotopic (exact) mass is 463 g/mol. The van der Waals surface area contributed by atoms with Crippen LogP contribution in [0.3, 0.4) is 0 Å². The lowest BCUT2D eigenvalue weighted by Gasteiger charge is -2.11. The van der Waals surface area contributed by atoms with Crippen molar-refractivity contribution in [3.05, 3.63) is 53.6 Å². The molecule has 0 saturated heterocycles. The molecular weight excluding hydrogens is 443 g/mol. The molecule has 0 aliphatic rings. The number of nitrogens with zero attached hydrogens (tertiary/aromatic N) is 1. The zero-order chi connectivity index (χ0) is 17.5. The Hall–Kier alpha value is -2.10. The molecule has 2 rings (SSSR count). The summed E-state index contributed by atoms with van der Waals surface area (Å²) >= 11 is 0. The molecular formula is C17H20F2IN3O2. The number of benzene rings is 2. The number of halogens is 3. The topological polar surface area (TPSA) is 68.9 Å². The van der Waals surface area contributed by atoms with E-state index in [9.17, 15) is 8.78 Å². The molecule has 8 heteroatoms. The second-order valence-electron chi connectivity index (χ2n) is 5.05. The van der Waals surface area contributed by atoms with Crippen molar-refractivity contribution in [1.29, 1.82) is 0 Å². The summed E-state index contributed by atoms with van der Waals surface area (Å²) in [6.45, 7) is -0.879. The minimum Gasteiger partial charge on any atom is -0.497 e. The van der Waals surface area contributed by atoms with Gasteiger partial charge in [0.25, 0.3) is 0 Å². The van der Waals surface area contributed by atoms with Gasteiger partial charge in [0.2, 0.25) is 0 Å². The summed E-state index contributed by atoms with van der Waals surface area (Å²) in [6, 6.07) is 12.2. The van der Waals surface area contributed by atoms with Crippen LogP contribution in [0.2, 0.25) is 0 Å². The highest BCUT2D eigenvalue weighted by Crippen LogP contribution is 2.26. The maximum Gasteiger partial charge on any atom is 0.387 e. The fourth-order valence-corrected chi connectivity index (χ4v) is 2.10. The fourth-order valence-electron chi connectivity index (χ4n) is 2.10. The Morgan fingerprint density at radius 1 is 1.24 bits per heavy atom. The molecule has 0 bridgehead atoms. The van der Waals surface area contributed by atoms with Crippen LogP contribution in [-0.2, 0) is 6.54 Å². The van der Waals surface area contributed by atoms with E-state index >= 15 is 0 Å². The number of alkyl halides is 2.